The van der Waals surface area contributed by atoms with Gasteiger partial charge in [-0.2, -0.15) is 0 Å². The van der Waals surface area contributed by atoms with Crippen molar-refractivity contribution in [3.8, 4) is 5.69 Å². The van der Waals surface area contributed by atoms with Gasteiger partial charge in [-0.3, -0.25) is 9.52 Å². The molecule has 0 aliphatic rings. The second-order valence-corrected chi connectivity index (χ2v) is 14.6. The van der Waals surface area contributed by atoms with Crippen molar-refractivity contribution in [2.75, 3.05) is 43.5 Å². The molecule has 3 rings (SSSR count). The van der Waals surface area contributed by atoms with Gasteiger partial charge in [-0.1, -0.05) is 40.7 Å². The van der Waals surface area contributed by atoms with E-state index in [0.29, 0.717) is 28.2 Å². The minimum Gasteiger partial charge on any atom is -0.476 e. The number of anilines is 2. The number of aromatic nitrogens is 2. The summed E-state index contributed by atoms with van der Waals surface area (Å²) in [5.41, 5.74) is 9.52. The van der Waals surface area contributed by atoms with Crippen molar-refractivity contribution in [2.45, 2.75) is 53.9 Å². The van der Waals surface area contributed by atoms with E-state index in [-0.39, 0.29) is 22.4 Å². The maximum Gasteiger partial charge on any atom is 0.356 e. The molecule has 43 heavy (non-hydrogen) atoms. The molecule has 2 aromatic carbocycles. The molecule has 0 unspecified atom stereocenters. The number of nitrogens with two attached hydrogens (primary N) is 1. The van der Waals surface area contributed by atoms with Crippen LogP contribution in [0.1, 0.15) is 72.2 Å². The number of nitrogens with zero attached hydrogens (tertiary/aromatic N) is 3. The Labute approximate surface area is 255 Å². The zero-order valence-corrected chi connectivity index (χ0v) is 27.7. The Kier molecular flexibility index (Phi) is 11.3. The first-order valence-electron chi connectivity index (χ1n) is 13.8. The Morgan fingerprint density at radius 2 is 1.65 bits per heavy atom. The fraction of sp³-hybridized carbons (Fsp3) is 0.452. The third kappa shape index (κ3) is 10.5. The quantitative estimate of drug-likeness (QED) is 0.271. The lowest BCUT2D eigenvalue weighted by molar-refractivity contribution is 0.0690. The Bertz CT molecular complexity index is 1570. The van der Waals surface area contributed by atoms with Gasteiger partial charge in [-0.15, -0.1) is 0 Å². The molecule has 0 spiro atoms. The maximum atomic E-state index is 13.2. The molecule has 236 valence electrons. The molecular formula is C31H46N6O5S. The van der Waals surface area contributed by atoms with Crippen LogP contribution in [0.5, 0.6) is 0 Å². The second-order valence-electron chi connectivity index (χ2n) is 12.9. The van der Waals surface area contributed by atoms with Gasteiger partial charge in [0.05, 0.1) is 17.6 Å². The summed E-state index contributed by atoms with van der Waals surface area (Å²) < 4.78 is 27.8. The van der Waals surface area contributed by atoms with E-state index in [1.165, 1.54) is 12.5 Å². The predicted molar refractivity (Wildman–Crippen MR) is 173 cm³/mol. The van der Waals surface area contributed by atoms with Gasteiger partial charge >= 0.3 is 5.97 Å². The van der Waals surface area contributed by atoms with E-state index < -0.39 is 16.0 Å². The minimum absolute atomic E-state index is 0.102. The second kappa shape index (κ2) is 13.7. The number of carboxylic acids is 1. The molecule has 0 aliphatic heterocycles. The van der Waals surface area contributed by atoms with E-state index in [1.54, 1.807) is 35.8 Å². The molecule has 0 radical (unpaired) electrons. The molecule has 0 bridgehead atoms. The highest BCUT2D eigenvalue weighted by Crippen LogP contribution is 2.33. The first-order valence-corrected chi connectivity index (χ1v) is 15.7. The standard InChI is InChI=1S/C24H28N4O5S.C7H18N2/c1-14-7-8-16(9-21(14)28-12-20(23(30)31)25-13-28)22(29)26-18-10-17(24(3,4)5)11-19(15(18)2)27-34(6,32)33;1-7(2,5-8)6-9(3)4/h7-13,27H,1-6H3,(H,26,29)(H,30,31);5-6,8H2,1-4H3. The molecule has 12 heteroatoms. The van der Waals surface area contributed by atoms with Crippen molar-refractivity contribution in [3.63, 3.8) is 0 Å². The van der Waals surface area contributed by atoms with Gasteiger partial charge in [0, 0.05) is 24.0 Å². The molecule has 0 atom stereocenters. The number of hydrogen-bond acceptors (Lipinski definition) is 7. The van der Waals surface area contributed by atoms with Crippen LogP contribution in [0.3, 0.4) is 0 Å². The number of aromatic carboxylic acids is 1. The third-order valence-corrected chi connectivity index (χ3v) is 7.26. The summed E-state index contributed by atoms with van der Waals surface area (Å²) in [5, 5.41) is 12.0. The van der Waals surface area contributed by atoms with E-state index in [9.17, 15) is 18.0 Å². The first-order chi connectivity index (χ1) is 19.6. The Hall–Kier alpha value is -3.74. The van der Waals surface area contributed by atoms with Crippen LogP contribution in [0, 0.1) is 19.3 Å². The lowest BCUT2D eigenvalue weighted by Gasteiger charge is -2.26. The van der Waals surface area contributed by atoms with Crippen molar-refractivity contribution in [1.29, 1.82) is 0 Å². The van der Waals surface area contributed by atoms with Gasteiger partial charge in [-0.05, 0) is 86.3 Å². The summed E-state index contributed by atoms with van der Waals surface area (Å²) in [6.07, 6.45) is 3.84. The number of sulfonamides is 1. The number of nitrogens with one attached hydrogen (secondary N) is 2. The molecule has 1 amide bonds. The van der Waals surface area contributed by atoms with Crippen LogP contribution in [0.25, 0.3) is 5.69 Å². The number of carboxylic acid groups (broad SMARTS) is 1. The van der Waals surface area contributed by atoms with Crippen molar-refractivity contribution < 1.29 is 23.1 Å². The van der Waals surface area contributed by atoms with Crippen molar-refractivity contribution in [1.82, 2.24) is 14.5 Å². The lowest BCUT2D eigenvalue weighted by atomic mass is 9.85. The molecule has 5 N–H and O–H groups in total. The number of hydrogen-bond donors (Lipinski definition) is 4. The average molecular weight is 615 g/mol. The van der Waals surface area contributed by atoms with E-state index in [0.717, 1.165) is 30.5 Å². The fourth-order valence-electron chi connectivity index (χ4n) is 4.29. The molecule has 1 aromatic heterocycles. The van der Waals surface area contributed by atoms with Crippen molar-refractivity contribution in [2.24, 2.45) is 11.1 Å². The number of carbonyl (C=O) groups excluding carboxylic acids is 1. The van der Waals surface area contributed by atoms with Gasteiger partial charge in [0.2, 0.25) is 10.0 Å². The number of aryl methyl sites for hydroxylation is 1. The average Bonchev–Trinajstić information content (AvgIpc) is 3.35. The Balaban J connectivity index is 0.000000621. The number of amides is 1. The smallest absolute Gasteiger partial charge is 0.356 e. The zero-order valence-electron chi connectivity index (χ0n) is 26.9. The van der Waals surface area contributed by atoms with Gasteiger partial charge in [0.1, 0.15) is 6.33 Å². The van der Waals surface area contributed by atoms with E-state index in [1.807, 2.05) is 33.8 Å². The van der Waals surface area contributed by atoms with Gasteiger partial charge in [0.15, 0.2) is 5.69 Å². The van der Waals surface area contributed by atoms with Crippen LogP contribution >= 0.6 is 0 Å². The van der Waals surface area contributed by atoms with Crippen LogP contribution in [-0.2, 0) is 15.4 Å². The molecule has 0 saturated heterocycles. The number of benzene rings is 2. The summed E-state index contributed by atoms with van der Waals surface area (Å²) >= 11 is 0. The van der Waals surface area contributed by atoms with E-state index >= 15 is 0 Å². The van der Waals surface area contributed by atoms with Gasteiger partial charge in [0.25, 0.3) is 5.91 Å². The molecule has 0 fully saturated rings. The van der Waals surface area contributed by atoms with Crippen LogP contribution < -0.4 is 15.8 Å². The van der Waals surface area contributed by atoms with Crippen molar-refractivity contribution >= 4 is 33.3 Å². The lowest BCUT2D eigenvalue weighted by Crippen LogP contribution is -2.34. The number of imidazole rings is 1. The first kappa shape index (κ1) is 35.5. The summed E-state index contributed by atoms with van der Waals surface area (Å²) in [6.45, 7) is 15.7. The summed E-state index contributed by atoms with van der Waals surface area (Å²) in [4.78, 5) is 30.4. The molecule has 0 saturated carbocycles. The SMILES string of the molecule is CN(C)CC(C)(C)CN.Cc1ccc(C(=O)Nc2cc(C(C)(C)C)cc(NS(C)(=O)=O)c2C)cc1-n1cnc(C(=O)O)c1. The molecule has 3 aromatic rings. The highest BCUT2D eigenvalue weighted by Gasteiger charge is 2.21. The van der Waals surface area contributed by atoms with Crippen LogP contribution in [0.15, 0.2) is 42.9 Å². The Morgan fingerprint density at radius 3 is 2.12 bits per heavy atom. The summed E-state index contributed by atoms with van der Waals surface area (Å²) in [5.74, 6) is -1.53. The van der Waals surface area contributed by atoms with Crippen LogP contribution in [-0.4, -0.2) is 73.3 Å². The largest absolute Gasteiger partial charge is 0.476 e. The topological polar surface area (TPSA) is 160 Å². The highest BCUT2D eigenvalue weighted by molar-refractivity contribution is 7.92. The van der Waals surface area contributed by atoms with E-state index in [4.69, 9.17) is 10.8 Å². The number of carbonyl (C=O) groups is 2. The summed E-state index contributed by atoms with van der Waals surface area (Å²) in [6, 6.07) is 8.69. The predicted octanol–water partition coefficient (Wildman–Crippen LogP) is 4.64. The van der Waals surface area contributed by atoms with E-state index in [2.05, 4.69) is 47.9 Å². The minimum atomic E-state index is -3.52. The summed E-state index contributed by atoms with van der Waals surface area (Å²) in [7, 11) is 0.616. The maximum absolute atomic E-state index is 13.2. The normalized spacial score (nSPS) is 12.0. The van der Waals surface area contributed by atoms with Crippen LogP contribution in [0.2, 0.25) is 0 Å². The Morgan fingerprint density at radius 1 is 1.05 bits per heavy atom. The monoisotopic (exact) mass is 614 g/mol. The zero-order chi connectivity index (χ0) is 32.9. The molecular weight excluding hydrogens is 568 g/mol. The molecule has 11 nitrogen and oxygen atoms in total. The fourth-order valence-corrected chi connectivity index (χ4v) is 4.90. The van der Waals surface area contributed by atoms with Gasteiger partial charge < -0.3 is 25.6 Å². The van der Waals surface area contributed by atoms with Crippen molar-refractivity contribution in [3.05, 3.63) is 70.8 Å². The highest BCUT2D eigenvalue weighted by atomic mass is 32.2. The third-order valence-electron chi connectivity index (χ3n) is 6.67. The number of rotatable bonds is 9. The molecule has 0 aliphatic carbocycles. The van der Waals surface area contributed by atoms with Crippen LogP contribution in [0.4, 0.5) is 11.4 Å². The van der Waals surface area contributed by atoms with Gasteiger partial charge in [-0.25, -0.2) is 18.2 Å². The molecule has 1 heterocycles.